The normalized spacial score (nSPS) is 17.3. The second kappa shape index (κ2) is 6.04. The molecule has 0 radical (unpaired) electrons. The second-order valence-electron chi connectivity index (χ2n) is 5.46. The lowest BCUT2D eigenvalue weighted by Gasteiger charge is -2.19. The molecule has 1 N–H and O–H groups in total. The van der Waals surface area contributed by atoms with Gasteiger partial charge in [-0.25, -0.2) is 0 Å². The molecule has 0 spiro atoms. The van der Waals surface area contributed by atoms with Crippen molar-refractivity contribution in [1.29, 1.82) is 0 Å². The zero-order valence-corrected chi connectivity index (χ0v) is 12.3. The SMILES string of the molecule is O=C(c1ccccc1)c1ccccc1N1CC(C(=O)O)CC1=O. The average molecular weight is 309 g/mol. The molecule has 1 fully saturated rings. The molecule has 1 unspecified atom stereocenters. The molecule has 116 valence electrons. The van der Waals surface area contributed by atoms with Gasteiger partial charge >= 0.3 is 5.97 Å². The highest BCUT2D eigenvalue weighted by Gasteiger charge is 2.36. The maximum atomic E-state index is 12.7. The molecule has 1 aliphatic heterocycles. The van der Waals surface area contributed by atoms with Crippen molar-refractivity contribution in [1.82, 2.24) is 0 Å². The summed E-state index contributed by atoms with van der Waals surface area (Å²) >= 11 is 0. The first-order valence-corrected chi connectivity index (χ1v) is 7.30. The number of anilines is 1. The highest BCUT2D eigenvalue weighted by atomic mass is 16.4. The number of aliphatic carboxylic acids is 1. The summed E-state index contributed by atoms with van der Waals surface area (Å²) in [5.41, 5.74) is 1.40. The number of benzene rings is 2. The summed E-state index contributed by atoms with van der Waals surface area (Å²) in [4.78, 5) is 37.4. The Balaban J connectivity index is 1.97. The maximum Gasteiger partial charge on any atom is 0.308 e. The monoisotopic (exact) mass is 309 g/mol. The Hall–Kier alpha value is -2.95. The number of hydrogen-bond donors (Lipinski definition) is 1. The molecule has 5 heteroatoms. The first kappa shape index (κ1) is 15.0. The van der Waals surface area contributed by atoms with Gasteiger partial charge in [-0.1, -0.05) is 42.5 Å². The molecule has 0 aliphatic carbocycles. The molecule has 0 bridgehead atoms. The van der Waals surface area contributed by atoms with Gasteiger partial charge in [0.25, 0.3) is 0 Å². The zero-order valence-electron chi connectivity index (χ0n) is 12.3. The maximum absolute atomic E-state index is 12.7. The summed E-state index contributed by atoms with van der Waals surface area (Å²) in [6.07, 6.45) is -0.0385. The van der Waals surface area contributed by atoms with Gasteiger partial charge in [0.1, 0.15) is 0 Å². The van der Waals surface area contributed by atoms with Crippen molar-refractivity contribution in [2.45, 2.75) is 6.42 Å². The van der Waals surface area contributed by atoms with E-state index in [1.807, 2.05) is 6.07 Å². The molecule has 1 saturated heterocycles. The van der Waals surface area contributed by atoms with Crippen molar-refractivity contribution in [2.75, 3.05) is 11.4 Å². The van der Waals surface area contributed by atoms with Gasteiger partial charge in [-0.3, -0.25) is 14.4 Å². The number of hydrogen-bond acceptors (Lipinski definition) is 3. The van der Waals surface area contributed by atoms with Gasteiger partial charge in [0.05, 0.1) is 11.6 Å². The van der Waals surface area contributed by atoms with Crippen molar-refractivity contribution in [3.05, 3.63) is 65.7 Å². The Labute approximate surface area is 133 Å². The van der Waals surface area contributed by atoms with Gasteiger partial charge in [0, 0.05) is 24.1 Å². The first-order chi connectivity index (χ1) is 11.1. The largest absolute Gasteiger partial charge is 0.481 e. The van der Waals surface area contributed by atoms with Gasteiger partial charge < -0.3 is 10.0 Å². The lowest BCUT2D eigenvalue weighted by atomic mass is 10.0. The van der Waals surface area contributed by atoms with Crippen molar-refractivity contribution in [3.8, 4) is 0 Å². The smallest absolute Gasteiger partial charge is 0.308 e. The molecule has 2 aromatic carbocycles. The summed E-state index contributed by atoms with van der Waals surface area (Å²) in [7, 11) is 0. The zero-order chi connectivity index (χ0) is 16.4. The Morgan fingerprint density at radius 1 is 1.00 bits per heavy atom. The predicted octanol–water partition coefficient (Wildman–Crippen LogP) is 2.36. The highest BCUT2D eigenvalue weighted by molar-refractivity contribution is 6.14. The van der Waals surface area contributed by atoms with E-state index in [0.717, 1.165) is 0 Å². The van der Waals surface area contributed by atoms with Crippen molar-refractivity contribution >= 4 is 23.3 Å². The van der Waals surface area contributed by atoms with Crippen LogP contribution in [0.25, 0.3) is 0 Å². The molecule has 1 heterocycles. The van der Waals surface area contributed by atoms with Gasteiger partial charge in [-0.2, -0.15) is 0 Å². The van der Waals surface area contributed by atoms with E-state index >= 15 is 0 Å². The quantitative estimate of drug-likeness (QED) is 0.880. The number of carboxylic acid groups (broad SMARTS) is 1. The molecule has 3 rings (SSSR count). The number of carbonyl (C=O) groups is 3. The first-order valence-electron chi connectivity index (χ1n) is 7.30. The predicted molar refractivity (Wildman–Crippen MR) is 84.4 cm³/mol. The van der Waals surface area contributed by atoms with Crippen LogP contribution < -0.4 is 4.90 Å². The van der Waals surface area contributed by atoms with Crippen LogP contribution in [0.4, 0.5) is 5.69 Å². The van der Waals surface area contributed by atoms with Crippen LogP contribution in [0.1, 0.15) is 22.3 Å². The molecule has 23 heavy (non-hydrogen) atoms. The fourth-order valence-corrected chi connectivity index (χ4v) is 2.75. The lowest BCUT2D eigenvalue weighted by Crippen LogP contribution is -2.27. The number of nitrogens with zero attached hydrogens (tertiary/aromatic N) is 1. The van der Waals surface area contributed by atoms with Crippen molar-refractivity contribution < 1.29 is 19.5 Å². The molecule has 2 aromatic rings. The Bertz CT molecular complexity index is 770. The number of para-hydroxylation sites is 1. The molecule has 1 aliphatic rings. The van der Waals surface area contributed by atoms with E-state index in [2.05, 4.69) is 0 Å². The average Bonchev–Trinajstić information content (AvgIpc) is 2.97. The van der Waals surface area contributed by atoms with Gasteiger partial charge in [0.2, 0.25) is 5.91 Å². The van der Waals surface area contributed by atoms with Crippen LogP contribution in [-0.2, 0) is 9.59 Å². The topological polar surface area (TPSA) is 74.7 Å². The molecular formula is C18H15NO4. The standard InChI is InChI=1S/C18H15NO4/c20-16-10-13(18(22)23)11-19(16)15-9-5-4-8-14(15)17(21)12-6-2-1-3-7-12/h1-9,13H,10-11H2,(H,22,23). The van der Waals surface area contributed by atoms with E-state index < -0.39 is 11.9 Å². The number of amides is 1. The van der Waals surface area contributed by atoms with E-state index in [-0.39, 0.29) is 24.7 Å². The number of ketones is 1. The summed E-state index contributed by atoms with van der Waals surface area (Å²) in [6.45, 7) is 0.0905. The van der Waals surface area contributed by atoms with Crippen LogP contribution in [0.5, 0.6) is 0 Å². The molecule has 5 nitrogen and oxygen atoms in total. The third kappa shape index (κ3) is 2.85. The molecule has 1 amide bonds. The Morgan fingerprint density at radius 3 is 2.30 bits per heavy atom. The van der Waals surface area contributed by atoms with Gasteiger partial charge in [-0.15, -0.1) is 0 Å². The van der Waals surface area contributed by atoms with Crippen LogP contribution in [0.3, 0.4) is 0 Å². The fourth-order valence-electron chi connectivity index (χ4n) is 2.75. The van der Waals surface area contributed by atoms with Crippen molar-refractivity contribution in [2.24, 2.45) is 5.92 Å². The van der Waals surface area contributed by atoms with Crippen molar-refractivity contribution in [3.63, 3.8) is 0 Å². The van der Waals surface area contributed by atoms with Crippen LogP contribution in [0, 0.1) is 5.92 Å². The molecule has 1 atom stereocenters. The minimum atomic E-state index is -0.993. The second-order valence-corrected chi connectivity index (χ2v) is 5.46. The molecule has 0 saturated carbocycles. The highest BCUT2D eigenvalue weighted by Crippen LogP contribution is 2.29. The number of carbonyl (C=O) groups excluding carboxylic acids is 2. The Kier molecular flexibility index (Phi) is 3.93. The van der Waals surface area contributed by atoms with E-state index in [9.17, 15) is 14.4 Å². The van der Waals surface area contributed by atoms with Crippen LogP contribution in [0.2, 0.25) is 0 Å². The molecule has 0 aromatic heterocycles. The van der Waals surface area contributed by atoms with E-state index in [4.69, 9.17) is 5.11 Å². The summed E-state index contributed by atoms with van der Waals surface area (Å²) in [5, 5.41) is 9.11. The number of carboxylic acids is 1. The van der Waals surface area contributed by atoms with E-state index in [0.29, 0.717) is 16.8 Å². The summed E-state index contributed by atoms with van der Waals surface area (Å²) < 4.78 is 0. The fraction of sp³-hybridized carbons (Fsp3) is 0.167. The summed E-state index contributed by atoms with van der Waals surface area (Å²) in [6, 6.07) is 15.6. The minimum absolute atomic E-state index is 0.0385. The van der Waals surface area contributed by atoms with Crippen LogP contribution in [0.15, 0.2) is 54.6 Å². The van der Waals surface area contributed by atoms with E-state index in [1.165, 1.54) is 4.90 Å². The van der Waals surface area contributed by atoms with E-state index in [1.54, 1.807) is 48.5 Å². The minimum Gasteiger partial charge on any atom is -0.481 e. The van der Waals surface area contributed by atoms with Gasteiger partial charge in [-0.05, 0) is 12.1 Å². The van der Waals surface area contributed by atoms with Gasteiger partial charge in [0.15, 0.2) is 5.78 Å². The van der Waals surface area contributed by atoms with Crippen LogP contribution in [-0.4, -0.2) is 29.3 Å². The lowest BCUT2D eigenvalue weighted by molar-refractivity contribution is -0.141. The summed E-state index contributed by atoms with van der Waals surface area (Å²) in [5.74, 6) is -2.19. The third-order valence-corrected chi connectivity index (χ3v) is 3.95. The molecular weight excluding hydrogens is 294 g/mol. The third-order valence-electron chi connectivity index (χ3n) is 3.95. The number of rotatable bonds is 4. The Morgan fingerprint density at radius 2 is 1.65 bits per heavy atom. The van der Waals surface area contributed by atoms with Crippen LogP contribution >= 0.6 is 0 Å².